The van der Waals surface area contributed by atoms with Crippen molar-refractivity contribution in [1.29, 1.82) is 0 Å². The lowest BCUT2D eigenvalue weighted by molar-refractivity contribution is -0.302. The van der Waals surface area contributed by atoms with Gasteiger partial charge in [0.1, 0.15) is 24.4 Å². The van der Waals surface area contributed by atoms with Crippen LogP contribution in [0.5, 0.6) is 0 Å². The van der Waals surface area contributed by atoms with Gasteiger partial charge in [-0.3, -0.25) is 4.79 Å². The van der Waals surface area contributed by atoms with Crippen LogP contribution >= 0.6 is 0 Å². The largest absolute Gasteiger partial charge is 0.394 e. The summed E-state index contributed by atoms with van der Waals surface area (Å²) in [6, 6.07) is -0.796. The number of hydrogen-bond donors (Lipinski definition) is 6. The minimum atomic E-state index is -1.56. The van der Waals surface area contributed by atoms with Crippen molar-refractivity contribution < 1.29 is 39.8 Å². The predicted molar refractivity (Wildman–Crippen MR) is 198 cm³/mol. The summed E-state index contributed by atoms with van der Waals surface area (Å²) in [6.07, 6.45) is 26.7. The number of unbranched alkanes of at least 4 members (excludes halogenated alkanes) is 23. The maximum atomic E-state index is 12.9. The molecule has 0 bridgehead atoms. The number of nitrogens with one attached hydrogen (secondary N) is 1. The monoisotopic (exact) mass is 700 g/mol. The normalized spacial score (nSPS) is 22.5. The van der Waals surface area contributed by atoms with Crippen molar-refractivity contribution in [2.45, 2.75) is 224 Å². The number of aliphatic hydroxyl groups is 5. The third-order valence-electron chi connectivity index (χ3n) is 9.86. The highest BCUT2D eigenvalue weighted by Gasteiger charge is 2.44. The highest BCUT2D eigenvalue weighted by Crippen LogP contribution is 2.22. The molecule has 0 unspecified atom stereocenters. The Kier molecular flexibility index (Phi) is 29.7. The highest BCUT2D eigenvalue weighted by molar-refractivity contribution is 5.76. The maximum absolute atomic E-state index is 12.9. The minimum Gasteiger partial charge on any atom is -0.394 e. The Morgan fingerprint density at radius 2 is 1.12 bits per heavy atom. The van der Waals surface area contributed by atoms with Gasteiger partial charge in [0.25, 0.3) is 0 Å². The van der Waals surface area contributed by atoms with E-state index in [0.717, 1.165) is 38.5 Å². The van der Waals surface area contributed by atoms with Crippen LogP contribution in [0.3, 0.4) is 0 Å². The molecule has 49 heavy (non-hydrogen) atoms. The number of rotatable bonds is 33. The summed E-state index contributed by atoms with van der Waals surface area (Å²) in [4.78, 5) is 12.9. The van der Waals surface area contributed by atoms with E-state index >= 15 is 0 Å². The molecule has 1 rings (SSSR count). The average Bonchev–Trinajstić information content (AvgIpc) is 3.10. The molecule has 1 aliphatic heterocycles. The van der Waals surface area contributed by atoms with Gasteiger partial charge in [-0.25, -0.2) is 0 Å². The number of allylic oxidation sites excluding steroid dienone is 1. The van der Waals surface area contributed by atoms with E-state index in [0.29, 0.717) is 6.42 Å². The molecule has 0 spiro atoms. The first-order valence-corrected chi connectivity index (χ1v) is 20.4. The van der Waals surface area contributed by atoms with E-state index in [4.69, 9.17) is 9.47 Å². The molecule has 7 atom stereocenters. The smallest absolute Gasteiger partial charge is 0.220 e. The first-order chi connectivity index (χ1) is 23.8. The first kappa shape index (κ1) is 46.0. The molecule has 290 valence electrons. The van der Waals surface area contributed by atoms with Crippen LogP contribution in [0.15, 0.2) is 12.2 Å². The van der Waals surface area contributed by atoms with Crippen molar-refractivity contribution in [2.75, 3.05) is 13.2 Å². The topological polar surface area (TPSA) is 149 Å². The van der Waals surface area contributed by atoms with Gasteiger partial charge in [-0.05, 0) is 19.3 Å². The number of ether oxygens (including phenoxy) is 2. The molecule has 0 aromatic heterocycles. The van der Waals surface area contributed by atoms with Gasteiger partial charge in [0.2, 0.25) is 5.91 Å². The number of carbonyl (C=O) groups excluding carboxylic acids is 1. The predicted octanol–water partition coefficient (Wildman–Crippen LogP) is 7.39. The summed E-state index contributed by atoms with van der Waals surface area (Å²) >= 11 is 0. The van der Waals surface area contributed by atoms with Crippen LogP contribution < -0.4 is 5.32 Å². The van der Waals surface area contributed by atoms with Gasteiger partial charge < -0.3 is 40.3 Å². The second-order valence-corrected chi connectivity index (χ2v) is 14.4. The zero-order chi connectivity index (χ0) is 36.0. The van der Waals surface area contributed by atoms with E-state index in [2.05, 4.69) is 19.2 Å². The molecule has 1 aliphatic rings. The summed E-state index contributed by atoms with van der Waals surface area (Å²) in [5.41, 5.74) is 0. The van der Waals surface area contributed by atoms with E-state index in [1.54, 1.807) is 6.08 Å². The van der Waals surface area contributed by atoms with Crippen molar-refractivity contribution in [1.82, 2.24) is 5.32 Å². The average molecular weight is 700 g/mol. The van der Waals surface area contributed by atoms with Gasteiger partial charge >= 0.3 is 0 Å². The lowest BCUT2D eigenvalue weighted by Crippen LogP contribution is -2.60. The van der Waals surface area contributed by atoms with Crippen LogP contribution in [-0.4, -0.2) is 87.5 Å². The number of aliphatic hydroxyl groups excluding tert-OH is 5. The standard InChI is InChI=1S/C40H77NO8/c1-3-5-7-9-11-13-15-17-19-21-23-25-27-29-34(43)33(32-48-40-39(47)38(46)37(45)35(31-42)49-40)41-36(44)30-28-26-24-22-20-18-16-14-12-10-8-6-4-2/h27,29,33-35,37-40,42-43,45-47H,3-26,28,30-32H2,1-2H3,(H,41,44)/b29-27+/t33-,34+,35+,37+,38-,39-,40-/m0/s1. The molecule has 0 radical (unpaired) electrons. The summed E-state index contributed by atoms with van der Waals surface area (Å²) in [6.45, 7) is 3.75. The van der Waals surface area contributed by atoms with E-state index in [9.17, 15) is 30.3 Å². The molecule has 1 fully saturated rings. The van der Waals surface area contributed by atoms with Crippen LogP contribution in [0.4, 0.5) is 0 Å². The third kappa shape index (κ3) is 23.2. The minimum absolute atomic E-state index is 0.178. The van der Waals surface area contributed by atoms with E-state index in [-0.39, 0.29) is 12.5 Å². The molecular formula is C40H77NO8. The summed E-state index contributed by atoms with van der Waals surface area (Å²) < 4.78 is 11.2. The molecule has 0 aliphatic carbocycles. The zero-order valence-electron chi connectivity index (χ0n) is 31.5. The molecule has 0 aromatic rings. The van der Waals surface area contributed by atoms with Crippen LogP contribution in [0.1, 0.15) is 181 Å². The molecule has 0 saturated carbocycles. The van der Waals surface area contributed by atoms with Crippen molar-refractivity contribution in [3.63, 3.8) is 0 Å². The van der Waals surface area contributed by atoms with Gasteiger partial charge in [-0.15, -0.1) is 0 Å². The van der Waals surface area contributed by atoms with Gasteiger partial charge in [0.05, 0.1) is 25.4 Å². The molecule has 6 N–H and O–H groups in total. The van der Waals surface area contributed by atoms with Gasteiger partial charge in [-0.2, -0.15) is 0 Å². The van der Waals surface area contributed by atoms with Crippen LogP contribution in [0, 0.1) is 0 Å². The Bertz CT molecular complexity index is 781. The Balaban J connectivity index is 2.43. The van der Waals surface area contributed by atoms with Crippen LogP contribution in [-0.2, 0) is 14.3 Å². The molecule has 9 heteroatoms. The molecule has 0 aromatic carbocycles. The number of hydrogen-bond acceptors (Lipinski definition) is 8. The van der Waals surface area contributed by atoms with Gasteiger partial charge in [0.15, 0.2) is 6.29 Å². The van der Waals surface area contributed by atoms with Crippen molar-refractivity contribution in [3.8, 4) is 0 Å². The molecule has 1 heterocycles. The lowest BCUT2D eigenvalue weighted by Gasteiger charge is -2.40. The van der Waals surface area contributed by atoms with E-state index < -0.39 is 49.5 Å². The molecular weight excluding hydrogens is 622 g/mol. The number of amides is 1. The third-order valence-corrected chi connectivity index (χ3v) is 9.86. The molecule has 1 amide bonds. The zero-order valence-corrected chi connectivity index (χ0v) is 31.5. The lowest BCUT2D eigenvalue weighted by atomic mass is 9.99. The Hall–Kier alpha value is -1.07. The summed E-state index contributed by atoms with van der Waals surface area (Å²) in [7, 11) is 0. The number of carbonyl (C=O) groups is 1. The highest BCUT2D eigenvalue weighted by atomic mass is 16.7. The Morgan fingerprint density at radius 1 is 0.673 bits per heavy atom. The van der Waals surface area contributed by atoms with Crippen molar-refractivity contribution in [3.05, 3.63) is 12.2 Å². The summed E-state index contributed by atoms with van der Waals surface area (Å²) in [5.74, 6) is -0.178. The fourth-order valence-corrected chi connectivity index (χ4v) is 6.51. The Morgan fingerprint density at radius 3 is 1.59 bits per heavy atom. The summed E-state index contributed by atoms with van der Waals surface area (Å²) in [5, 5.41) is 53.9. The SMILES string of the molecule is CCCCCCCCCCCCC/C=C/[C@@H](O)[C@H](CO[C@H]1O[C@H](CO)[C@@H](O)[C@H](O)[C@@H]1O)NC(=O)CCCCCCCCCCCCCCC. The van der Waals surface area contributed by atoms with Crippen LogP contribution in [0.25, 0.3) is 0 Å². The van der Waals surface area contributed by atoms with Crippen molar-refractivity contribution in [2.24, 2.45) is 0 Å². The fourth-order valence-electron chi connectivity index (χ4n) is 6.51. The second kappa shape index (κ2) is 31.6. The van der Waals surface area contributed by atoms with Gasteiger partial charge in [0, 0.05) is 6.42 Å². The quantitative estimate of drug-likeness (QED) is 0.0307. The first-order valence-electron chi connectivity index (χ1n) is 20.4. The van der Waals surface area contributed by atoms with Crippen LogP contribution in [0.2, 0.25) is 0 Å². The van der Waals surface area contributed by atoms with Gasteiger partial charge in [-0.1, -0.05) is 167 Å². The van der Waals surface area contributed by atoms with E-state index in [1.165, 1.54) is 122 Å². The second-order valence-electron chi connectivity index (χ2n) is 14.4. The maximum Gasteiger partial charge on any atom is 0.220 e. The van der Waals surface area contributed by atoms with E-state index in [1.807, 2.05) is 6.08 Å². The molecule has 9 nitrogen and oxygen atoms in total. The van der Waals surface area contributed by atoms with Crippen molar-refractivity contribution >= 4 is 5.91 Å². The fraction of sp³-hybridized carbons (Fsp3) is 0.925. The Labute approximate surface area is 299 Å². The molecule has 1 saturated heterocycles.